The van der Waals surface area contributed by atoms with Crippen molar-refractivity contribution in [3.05, 3.63) is 33.9 Å². The molecule has 0 aromatic heterocycles. The topological polar surface area (TPSA) is 34.1 Å². The third kappa shape index (κ3) is 3.02. The van der Waals surface area contributed by atoms with Gasteiger partial charge in [0.25, 0.3) is 0 Å². The predicted molar refractivity (Wildman–Crippen MR) is 69.7 cm³/mol. The van der Waals surface area contributed by atoms with Crippen LogP contribution in [0.25, 0.3) is 0 Å². The Kier molecular flexibility index (Phi) is 4.22. The van der Waals surface area contributed by atoms with Gasteiger partial charge in [0.05, 0.1) is 0 Å². The number of benzene rings is 1. The maximum Gasteiger partial charge on any atom is 0.160 e. The van der Waals surface area contributed by atoms with E-state index in [2.05, 4.69) is 0 Å². The van der Waals surface area contributed by atoms with E-state index in [1.165, 1.54) is 5.56 Å². The zero-order valence-electron chi connectivity index (χ0n) is 11.3. The molecular formula is C15H20O2. The van der Waals surface area contributed by atoms with Crippen molar-refractivity contribution in [2.45, 2.75) is 47.5 Å². The van der Waals surface area contributed by atoms with Crippen LogP contribution in [0.4, 0.5) is 0 Å². The van der Waals surface area contributed by atoms with E-state index in [0.717, 1.165) is 28.7 Å². The van der Waals surface area contributed by atoms with E-state index >= 15 is 0 Å². The Labute approximate surface area is 103 Å². The second-order valence-corrected chi connectivity index (χ2v) is 4.75. The molecule has 0 spiro atoms. The normalized spacial score (nSPS) is 10.4. The highest BCUT2D eigenvalue weighted by Crippen LogP contribution is 2.24. The van der Waals surface area contributed by atoms with Gasteiger partial charge in [0.2, 0.25) is 0 Å². The van der Waals surface area contributed by atoms with Crippen molar-refractivity contribution in [1.82, 2.24) is 0 Å². The molecule has 0 amide bonds. The minimum atomic E-state index is 0.101. The largest absolute Gasteiger partial charge is 0.300 e. The Morgan fingerprint density at radius 2 is 1.65 bits per heavy atom. The van der Waals surface area contributed by atoms with Crippen LogP contribution < -0.4 is 0 Å². The van der Waals surface area contributed by atoms with Gasteiger partial charge in [-0.1, -0.05) is 6.07 Å². The van der Waals surface area contributed by atoms with Crippen LogP contribution in [-0.2, 0) is 11.2 Å². The smallest absolute Gasteiger partial charge is 0.160 e. The first-order valence-corrected chi connectivity index (χ1v) is 5.94. The Morgan fingerprint density at radius 3 is 2.12 bits per heavy atom. The van der Waals surface area contributed by atoms with Crippen molar-refractivity contribution in [3.63, 3.8) is 0 Å². The van der Waals surface area contributed by atoms with E-state index in [-0.39, 0.29) is 11.6 Å². The standard InChI is InChI=1S/C15H20O2/c1-9-8-10(2)15(13(5)17)12(4)14(9)7-6-11(3)16/h8H,6-7H2,1-5H3. The molecule has 0 N–H and O–H groups in total. The minimum Gasteiger partial charge on any atom is -0.300 e. The van der Waals surface area contributed by atoms with Crippen molar-refractivity contribution < 1.29 is 9.59 Å². The van der Waals surface area contributed by atoms with Gasteiger partial charge in [-0.3, -0.25) is 4.79 Å². The molecule has 0 bridgehead atoms. The van der Waals surface area contributed by atoms with Crippen LogP contribution in [0, 0.1) is 20.8 Å². The van der Waals surface area contributed by atoms with Gasteiger partial charge in [-0.2, -0.15) is 0 Å². The van der Waals surface area contributed by atoms with Crippen LogP contribution in [0.1, 0.15) is 52.9 Å². The number of hydrogen-bond donors (Lipinski definition) is 0. The summed E-state index contributed by atoms with van der Waals surface area (Å²) in [4.78, 5) is 22.7. The van der Waals surface area contributed by atoms with Crippen LogP contribution in [-0.4, -0.2) is 11.6 Å². The van der Waals surface area contributed by atoms with Crippen molar-refractivity contribution in [3.8, 4) is 0 Å². The molecule has 0 radical (unpaired) electrons. The Hall–Kier alpha value is -1.44. The maximum absolute atomic E-state index is 11.6. The zero-order valence-corrected chi connectivity index (χ0v) is 11.3. The molecule has 1 aromatic carbocycles. The summed E-state index contributed by atoms with van der Waals surface area (Å²) >= 11 is 0. The molecule has 0 fully saturated rings. The summed E-state index contributed by atoms with van der Waals surface area (Å²) in [6.07, 6.45) is 1.27. The number of ketones is 2. The first-order chi connectivity index (χ1) is 7.84. The lowest BCUT2D eigenvalue weighted by atomic mass is 9.89. The third-order valence-electron chi connectivity index (χ3n) is 3.21. The summed E-state index contributed by atoms with van der Waals surface area (Å²) in [7, 11) is 0. The third-order valence-corrected chi connectivity index (χ3v) is 3.21. The van der Waals surface area contributed by atoms with E-state index in [0.29, 0.717) is 6.42 Å². The lowest BCUT2D eigenvalue weighted by molar-refractivity contribution is -0.116. The average Bonchev–Trinajstić information content (AvgIpc) is 2.14. The summed E-state index contributed by atoms with van der Waals surface area (Å²) in [5.74, 6) is 0.290. The molecule has 1 aromatic rings. The Bertz CT molecular complexity index is 470. The maximum atomic E-state index is 11.6. The van der Waals surface area contributed by atoms with Gasteiger partial charge in [-0.25, -0.2) is 0 Å². The SMILES string of the molecule is CC(=O)CCc1c(C)cc(C)c(C(C)=O)c1C. The monoisotopic (exact) mass is 232 g/mol. The van der Waals surface area contributed by atoms with E-state index in [9.17, 15) is 9.59 Å². The molecule has 92 valence electrons. The molecule has 0 heterocycles. The average molecular weight is 232 g/mol. The van der Waals surface area contributed by atoms with Gasteiger partial charge in [0, 0.05) is 12.0 Å². The highest BCUT2D eigenvalue weighted by molar-refractivity contribution is 5.97. The van der Waals surface area contributed by atoms with Crippen LogP contribution in [0.3, 0.4) is 0 Å². The highest BCUT2D eigenvalue weighted by Gasteiger charge is 2.14. The molecule has 0 aliphatic rings. The van der Waals surface area contributed by atoms with E-state index in [1.54, 1.807) is 13.8 Å². The number of hydrogen-bond acceptors (Lipinski definition) is 2. The number of Topliss-reactive ketones (excluding diaryl/α,β-unsaturated/α-hetero) is 2. The van der Waals surface area contributed by atoms with Gasteiger partial charge in [-0.05, 0) is 63.3 Å². The quantitative estimate of drug-likeness (QED) is 0.746. The molecule has 2 heteroatoms. The van der Waals surface area contributed by atoms with Crippen molar-refractivity contribution in [1.29, 1.82) is 0 Å². The molecule has 0 unspecified atom stereocenters. The molecule has 0 atom stereocenters. The molecule has 0 aliphatic heterocycles. The van der Waals surface area contributed by atoms with Crippen LogP contribution in [0.2, 0.25) is 0 Å². The molecule has 0 saturated heterocycles. The number of carbonyl (C=O) groups is 2. The molecule has 2 nitrogen and oxygen atoms in total. The Balaban J connectivity index is 3.25. The first kappa shape index (κ1) is 13.6. The van der Waals surface area contributed by atoms with Gasteiger partial charge in [-0.15, -0.1) is 0 Å². The predicted octanol–water partition coefficient (Wildman–Crippen LogP) is 3.34. The molecular weight excluding hydrogens is 212 g/mol. The fourth-order valence-electron chi connectivity index (χ4n) is 2.45. The summed E-state index contributed by atoms with van der Waals surface area (Å²) in [5, 5.41) is 0. The van der Waals surface area contributed by atoms with E-state index < -0.39 is 0 Å². The van der Waals surface area contributed by atoms with Crippen molar-refractivity contribution in [2.24, 2.45) is 0 Å². The van der Waals surface area contributed by atoms with Gasteiger partial charge in [0.1, 0.15) is 5.78 Å². The summed E-state index contributed by atoms with van der Waals surface area (Å²) in [6.45, 7) is 9.18. The van der Waals surface area contributed by atoms with Crippen molar-refractivity contribution >= 4 is 11.6 Å². The molecule has 17 heavy (non-hydrogen) atoms. The number of aryl methyl sites for hydroxylation is 2. The summed E-state index contributed by atoms with van der Waals surface area (Å²) in [5.41, 5.74) is 5.20. The molecule has 0 aliphatic carbocycles. The lowest BCUT2D eigenvalue weighted by Gasteiger charge is -2.15. The fraction of sp³-hybridized carbons (Fsp3) is 0.467. The van der Waals surface area contributed by atoms with Crippen LogP contribution >= 0.6 is 0 Å². The summed E-state index contributed by atoms with van der Waals surface area (Å²) in [6, 6.07) is 2.04. The second kappa shape index (κ2) is 5.26. The highest BCUT2D eigenvalue weighted by atomic mass is 16.1. The van der Waals surface area contributed by atoms with E-state index in [4.69, 9.17) is 0 Å². The van der Waals surface area contributed by atoms with Gasteiger partial charge in [0.15, 0.2) is 5.78 Å². The van der Waals surface area contributed by atoms with Gasteiger partial charge >= 0.3 is 0 Å². The number of carbonyl (C=O) groups excluding carboxylic acids is 2. The molecule has 1 rings (SSSR count). The fourth-order valence-corrected chi connectivity index (χ4v) is 2.45. The number of rotatable bonds is 4. The van der Waals surface area contributed by atoms with Gasteiger partial charge < -0.3 is 4.79 Å². The van der Waals surface area contributed by atoms with Crippen LogP contribution in [0.15, 0.2) is 6.07 Å². The van der Waals surface area contributed by atoms with Crippen LogP contribution in [0.5, 0.6) is 0 Å². The summed E-state index contributed by atoms with van der Waals surface area (Å²) < 4.78 is 0. The minimum absolute atomic E-state index is 0.101. The molecule has 0 saturated carbocycles. The zero-order chi connectivity index (χ0) is 13.2. The van der Waals surface area contributed by atoms with E-state index in [1.807, 2.05) is 26.8 Å². The lowest BCUT2D eigenvalue weighted by Crippen LogP contribution is -2.07. The first-order valence-electron chi connectivity index (χ1n) is 5.94. The Morgan fingerprint density at radius 1 is 1.06 bits per heavy atom. The van der Waals surface area contributed by atoms with Crippen molar-refractivity contribution in [2.75, 3.05) is 0 Å². The second-order valence-electron chi connectivity index (χ2n) is 4.75.